The molecule has 38 heavy (non-hydrogen) atoms. The normalized spacial score (nSPS) is 13.3. The molecule has 2 N–H and O–H groups in total. The van der Waals surface area contributed by atoms with Crippen molar-refractivity contribution < 1.29 is 10.2 Å². The molecule has 1 heterocycles. The van der Waals surface area contributed by atoms with Crippen LogP contribution in [0.3, 0.4) is 0 Å². The lowest BCUT2D eigenvalue weighted by Gasteiger charge is -2.20. The molecule has 0 amide bonds. The van der Waals surface area contributed by atoms with Gasteiger partial charge in [0.1, 0.15) is 6.04 Å². The molecule has 0 fully saturated rings. The van der Waals surface area contributed by atoms with E-state index in [9.17, 15) is 10.2 Å². The van der Waals surface area contributed by atoms with Gasteiger partial charge in [-0.3, -0.25) is 0 Å². The monoisotopic (exact) mass is 536 g/mol. The van der Waals surface area contributed by atoms with Crippen molar-refractivity contribution in [3.05, 3.63) is 11.9 Å². The minimum Gasteiger partial charge on any atom is -0.394 e. The lowest BCUT2D eigenvalue weighted by atomic mass is 10.0. The summed E-state index contributed by atoms with van der Waals surface area (Å²) < 4.78 is 1.67. The summed E-state index contributed by atoms with van der Waals surface area (Å²) in [5, 5.41) is 28.6. The van der Waals surface area contributed by atoms with Crippen LogP contribution < -0.4 is 0 Å². The summed E-state index contributed by atoms with van der Waals surface area (Å²) in [7, 11) is 0. The fourth-order valence-corrected chi connectivity index (χ4v) is 5.51. The maximum atomic E-state index is 10.4. The molecule has 1 rings (SSSR count). The molecule has 0 aliphatic heterocycles. The van der Waals surface area contributed by atoms with E-state index in [-0.39, 0.29) is 12.6 Å². The van der Waals surface area contributed by atoms with Crippen LogP contribution in [0.1, 0.15) is 186 Å². The predicted molar refractivity (Wildman–Crippen MR) is 163 cm³/mol. The second-order valence-electron chi connectivity index (χ2n) is 11.8. The van der Waals surface area contributed by atoms with Gasteiger partial charge in [-0.25, -0.2) is 4.68 Å². The highest BCUT2D eigenvalue weighted by atomic mass is 16.3. The Labute approximate surface area is 236 Å². The third kappa shape index (κ3) is 19.2. The zero-order valence-corrected chi connectivity index (χ0v) is 25.6. The summed E-state index contributed by atoms with van der Waals surface area (Å²) >= 11 is 0. The molecule has 0 bridgehead atoms. The molecule has 5 nitrogen and oxygen atoms in total. The van der Waals surface area contributed by atoms with Gasteiger partial charge in [-0.2, -0.15) is 0 Å². The van der Waals surface area contributed by atoms with Crippen molar-refractivity contribution in [3.8, 4) is 0 Å². The van der Waals surface area contributed by atoms with Gasteiger partial charge in [0.15, 0.2) is 0 Å². The lowest BCUT2D eigenvalue weighted by molar-refractivity contribution is 0.0579. The zero-order chi connectivity index (χ0) is 27.5. The topological polar surface area (TPSA) is 71.2 Å². The molecule has 2 atom stereocenters. The van der Waals surface area contributed by atoms with Crippen LogP contribution >= 0.6 is 0 Å². The summed E-state index contributed by atoms with van der Waals surface area (Å²) in [6.07, 6.45) is 35.6. The first-order chi connectivity index (χ1) is 18.7. The summed E-state index contributed by atoms with van der Waals surface area (Å²) in [4.78, 5) is 0. The molecule has 0 spiro atoms. The fourth-order valence-electron chi connectivity index (χ4n) is 5.51. The Morgan fingerprint density at radius 3 is 1.42 bits per heavy atom. The number of nitrogens with zero attached hydrogens (tertiary/aromatic N) is 3. The van der Waals surface area contributed by atoms with E-state index in [1.165, 1.54) is 128 Å². The van der Waals surface area contributed by atoms with E-state index in [0.717, 1.165) is 37.8 Å². The first kappa shape index (κ1) is 35.1. The second kappa shape index (κ2) is 26.3. The van der Waals surface area contributed by atoms with Crippen molar-refractivity contribution in [1.82, 2.24) is 15.0 Å². The molecule has 1 aromatic heterocycles. The van der Waals surface area contributed by atoms with Crippen molar-refractivity contribution in [2.45, 2.75) is 193 Å². The van der Waals surface area contributed by atoms with Crippen LogP contribution in [0.15, 0.2) is 6.20 Å². The number of aliphatic hydroxyl groups excluding tert-OH is 2. The average molecular weight is 536 g/mol. The molecule has 0 radical (unpaired) electrons. The fraction of sp³-hybridized carbons (Fsp3) is 0.939. The van der Waals surface area contributed by atoms with Crippen molar-refractivity contribution in [2.24, 2.45) is 0 Å². The number of aliphatic hydroxyl groups is 2. The highest BCUT2D eigenvalue weighted by Gasteiger charge is 2.21. The van der Waals surface area contributed by atoms with E-state index in [0.29, 0.717) is 6.42 Å². The van der Waals surface area contributed by atoms with Gasteiger partial charge in [0.2, 0.25) is 0 Å². The van der Waals surface area contributed by atoms with E-state index in [1.54, 1.807) is 4.68 Å². The van der Waals surface area contributed by atoms with Gasteiger partial charge in [0.05, 0.1) is 18.4 Å². The SMILES string of the molecule is CCCCCCCCCCCCCCCCCCCCCCCc1cn([C@@H](CO)[C@H](O)CCCCC)nn1. The number of aryl methyl sites for hydroxylation is 1. The zero-order valence-electron chi connectivity index (χ0n) is 25.6. The highest BCUT2D eigenvalue weighted by molar-refractivity contribution is 4.94. The molecular formula is C33H65N3O2. The maximum Gasteiger partial charge on any atom is 0.103 e. The smallest absolute Gasteiger partial charge is 0.103 e. The number of hydrogen-bond acceptors (Lipinski definition) is 4. The Morgan fingerprint density at radius 2 is 1.00 bits per heavy atom. The molecule has 0 saturated heterocycles. The molecule has 0 aromatic carbocycles. The van der Waals surface area contributed by atoms with Gasteiger partial charge in [0.25, 0.3) is 0 Å². The van der Waals surface area contributed by atoms with E-state index >= 15 is 0 Å². The quantitative estimate of drug-likeness (QED) is 0.100. The van der Waals surface area contributed by atoms with Crippen LogP contribution in [-0.4, -0.2) is 37.9 Å². The summed E-state index contributed by atoms with van der Waals surface area (Å²) in [5.41, 5.74) is 0.974. The number of aromatic nitrogens is 3. The van der Waals surface area contributed by atoms with Crippen LogP contribution in [-0.2, 0) is 6.42 Å². The minimum atomic E-state index is -0.564. The Morgan fingerprint density at radius 1 is 0.605 bits per heavy atom. The first-order valence-corrected chi connectivity index (χ1v) is 16.9. The summed E-state index contributed by atoms with van der Waals surface area (Å²) in [6, 6.07) is -0.382. The molecule has 0 aliphatic rings. The van der Waals surface area contributed by atoms with Crippen molar-refractivity contribution in [3.63, 3.8) is 0 Å². The Balaban J connectivity index is 1.88. The Bertz CT molecular complexity index is 607. The molecule has 224 valence electrons. The van der Waals surface area contributed by atoms with Crippen molar-refractivity contribution >= 4 is 0 Å². The van der Waals surface area contributed by atoms with Crippen LogP contribution in [0.2, 0.25) is 0 Å². The van der Waals surface area contributed by atoms with Gasteiger partial charge in [-0.05, 0) is 19.3 Å². The van der Waals surface area contributed by atoms with Gasteiger partial charge in [-0.1, -0.05) is 167 Å². The minimum absolute atomic E-state index is 0.102. The molecule has 1 aromatic rings. The first-order valence-electron chi connectivity index (χ1n) is 16.9. The molecule has 0 aliphatic carbocycles. The third-order valence-corrected chi connectivity index (χ3v) is 8.17. The van der Waals surface area contributed by atoms with Crippen LogP contribution in [0.5, 0.6) is 0 Å². The van der Waals surface area contributed by atoms with Gasteiger partial charge in [-0.15, -0.1) is 5.10 Å². The average Bonchev–Trinajstić information content (AvgIpc) is 3.38. The van der Waals surface area contributed by atoms with E-state index in [1.807, 2.05) is 6.20 Å². The maximum absolute atomic E-state index is 10.4. The summed E-state index contributed by atoms with van der Waals surface area (Å²) in [5.74, 6) is 0. The Hall–Kier alpha value is -0.940. The van der Waals surface area contributed by atoms with Gasteiger partial charge < -0.3 is 10.2 Å². The number of unbranched alkanes of at least 4 members (excludes halogenated alkanes) is 22. The predicted octanol–water partition coefficient (Wildman–Crippen LogP) is 9.51. The second-order valence-corrected chi connectivity index (χ2v) is 11.8. The Kier molecular flexibility index (Phi) is 24.3. The highest BCUT2D eigenvalue weighted by Crippen LogP contribution is 2.18. The molecule has 5 heteroatoms. The largest absolute Gasteiger partial charge is 0.394 e. The van der Waals surface area contributed by atoms with Crippen molar-refractivity contribution in [1.29, 1.82) is 0 Å². The molecular weight excluding hydrogens is 470 g/mol. The standard InChI is InChI=1S/C33H65N3O2/c1-3-5-7-8-9-10-11-12-13-14-15-16-17-18-19-20-21-22-23-24-26-27-31-29-36(35-34-31)32(30-37)33(38)28-25-6-4-2/h29,32-33,37-38H,3-28,30H2,1-2H3/t32-,33+/m0/s1. The van der Waals surface area contributed by atoms with Gasteiger partial charge in [0, 0.05) is 6.20 Å². The van der Waals surface area contributed by atoms with E-state index < -0.39 is 6.10 Å². The van der Waals surface area contributed by atoms with Crippen molar-refractivity contribution in [2.75, 3.05) is 6.61 Å². The van der Waals surface area contributed by atoms with Crippen LogP contribution in [0, 0.1) is 0 Å². The molecule has 0 unspecified atom stereocenters. The van der Waals surface area contributed by atoms with Crippen LogP contribution in [0.4, 0.5) is 0 Å². The van der Waals surface area contributed by atoms with E-state index in [2.05, 4.69) is 24.2 Å². The number of rotatable bonds is 29. The third-order valence-electron chi connectivity index (χ3n) is 8.17. The van der Waals surface area contributed by atoms with E-state index in [4.69, 9.17) is 0 Å². The lowest BCUT2D eigenvalue weighted by Crippen LogP contribution is -2.27. The van der Waals surface area contributed by atoms with Crippen LogP contribution in [0.25, 0.3) is 0 Å². The number of hydrogen-bond donors (Lipinski definition) is 2. The summed E-state index contributed by atoms with van der Waals surface area (Å²) in [6.45, 7) is 4.35. The molecule has 0 saturated carbocycles. The van der Waals surface area contributed by atoms with Gasteiger partial charge >= 0.3 is 0 Å².